The first-order valence-corrected chi connectivity index (χ1v) is 13.2. The van der Waals surface area contributed by atoms with Crippen LogP contribution in [0.4, 0.5) is 0 Å². The molecule has 1 unspecified atom stereocenters. The number of fused-ring (bicyclic) bond motifs is 1. The van der Waals surface area contributed by atoms with E-state index in [1.54, 1.807) is 6.92 Å². The average molecular weight is 543 g/mol. The standard InChI is InChI=1S/C28H32BrNO3S/c1-4-7-24(16-28(31)32)23(5-2)11-10-20(3)33-19-22-9-6-8-21(14-22)17-30-13-12-26-25(18-30)15-27(29)34-26/h6,8-11,14-15,24H,5,12-13,16-19H2,1-3H3,(H,31,32). The number of halogens is 1. The summed E-state index contributed by atoms with van der Waals surface area (Å²) in [6, 6.07) is 10.8. The number of rotatable bonds is 10. The smallest absolute Gasteiger partial charge is 0.304 e. The SMILES string of the molecule is CC#CC(CC(=O)O)C(=CC=C(C)OCc1cccc(CN2CCc3sc(Br)cc3C2)c1)CC. The zero-order chi connectivity index (χ0) is 24.5. The zero-order valence-corrected chi connectivity index (χ0v) is 22.5. The van der Waals surface area contributed by atoms with Crippen molar-refractivity contribution in [1.82, 2.24) is 4.90 Å². The van der Waals surface area contributed by atoms with E-state index >= 15 is 0 Å². The van der Waals surface area contributed by atoms with Crippen LogP contribution in [-0.4, -0.2) is 22.5 Å². The van der Waals surface area contributed by atoms with Crippen molar-refractivity contribution in [3.63, 3.8) is 0 Å². The van der Waals surface area contributed by atoms with Gasteiger partial charge in [0.2, 0.25) is 0 Å². The molecule has 4 nitrogen and oxygen atoms in total. The Morgan fingerprint density at radius 2 is 2.12 bits per heavy atom. The maximum atomic E-state index is 11.2. The van der Waals surface area contributed by atoms with Crippen molar-refractivity contribution in [3.05, 3.63) is 79.2 Å². The summed E-state index contributed by atoms with van der Waals surface area (Å²) in [5.74, 6) is 5.56. The summed E-state index contributed by atoms with van der Waals surface area (Å²) >= 11 is 5.47. The fraction of sp³-hybridized carbons (Fsp3) is 0.393. The third kappa shape index (κ3) is 7.87. The van der Waals surface area contributed by atoms with Crippen molar-refractivity contribution in [2.24, 2.45) is 5.92 Å². The number of ether oxygens (including phenoxy) is 1. The van der Waals surface area contributed by atoms with Crippen LogP contribution in [0.3, 0.4) is 0 Å². The highest BCUT2D eigenvalue weighted by molar-refractivity contribution is 9.11. The second-order valence-corrected chi connectivity index (χ2v) is 11.0. The summed E-state index contributed by atoms with van der Waals surface area (Å²) in [5, 5.41) is 9.17. The van der Waals surface area contributed by atoms with Crippen LogP contribution in [-0.2, 0) is 35.6 Å². The van der Waals surface area contributed by atoms with Gasteiger partial charge in [-0.25, -0.2) is 0 Å². The first-order chi connectivity index (χ1) is 16.4. The van der Waals surface area contributed by atoms with Gasteiger partial charge in [-0.3, -0.25) is 9.69 Å². The molecule has 0 fully saturated rings. The molecule has 34 heavy (non-hydrogen) atoms. The van der Waals surface area contributed by atoms with E-state index in [-0.39, 0.29) is 12.3 Å². The molecule has 1 aromatic carbocycles. The summed E-state index contributed by atoms with van der Waals surface area (Å²) < 4.78 is 7.21. The minimum Gasteiger partial charge on any atom is -0.494 e. The molecule has 0 spiro atoms. The molecule has 0 amide bonds. The first kappa shape index (κ1) is 26.3. The molecule has 0 bridgehead atoms. The van der Waals surface area contributed by atoms with E-state index in [0.29, 0.717) is 6.61 Å². The number of aliphatic carboxylic acids is 1. The van der Waals surface area contributed by atoms with E-state index in [9.17, 15) is 9.90 Å². The van der Waals surface area contributed by atoms with Crippen LogP contribution in [0.2, 0.25) is 0 Å². The number of hydrogen-bond acceptors (Lipinski definition) is 4. The molecule has 0 saturated heterocycles. The molecule has 1 aromatic heterocycles. The van der Waals surface area contributed by atoms with Crippen LogP contribution in [0, 0.1) is 17.8 Å². The average Bonchev–Trinajstić information content (AvgIpc) is 3.17. The lowest BCUT2D eigenvalue weighted by atomic mass is 9.93. The molecule has 0 saturated carbocycles. The van der Waals surface area contributed by atoms with Gasteiger partial charge in [-0.2, -0.15) is 0 Å². The Labute approximate surface area is 215 Å². The number of thiophene rings is 1. The molecule has 3 rings (SSSR count). The molecule has 1 N–H and O–H groups in total. The van der Waals surface area contributed by atoms with E-state index in [1.165, 1.54) is 19.8 Å². The number of carboxylic acids is 1. The third-order valence-corrected chi connectivity index (χ3v) is 7.61. The van der Waals surface area contributed by atoms with Crippen molar-refractivity contribution in [2.75, 3.05) is 6.54 Å². The molecule has 1 atom stereocenters. The topological polar surface area (TPSA) is 49.8 Å². The number of benzene rings is 1. The Morgan fingerprint density at radius 1 is 1.32 bits per heavy atom. The summed E-state index contributed by atoms with van der Waals surface area (Å²) in [7, 11) is 0. The van der Waals surface area contributed by atoms with Crippen molar-refractivity contribution < 1.29 is 14.6 Å². The van der Waals surface area contributed by atoms with Crippen molar-refractivity contribution in [2.45, 2.75) is 59.7 Å². The van der Waals surface area contributed by atoms with Crippen LogP contribution in [0.5, 0.6) is 0 Å². The summed E-state index contributed by atoms with van der Waals surface area (Å²) in [4.78, 5) is 15.2. The van der Waals surface area contributed by atoms with E-state index in [1.807, 2.05) is 37.3 Å². The van der Waals surface area contributed by atoms with E-state index in [0.717, 1.165) is 49.4 Å². The molecule has 0 radical (unpaired) electrons. The van der Waals surface area contributed by atoms with Crippen molar-refractivity contribution >= 4 is 33.2 Å². The van der Waals surface area contributed by atoms with E-state index in [2.05, 4.69) is 63.0 Å². The van der Waals surface area contributed by atoms with E-state index < -0.39 is 5.97 Å². The lowest BCUT2D eigenvalue weighted by Gasteiger charge is -2.26. The van der Waals surface area contributed by atoms with Crippen LogP contribution in [0.15, 0.2) is 57.6 Å². The molecule has 1 aliphatic rings. The summed E-state index contributed by atoms with van der Waals surface area (Å²) in [6.45, 7) is 9.20. The van der Waals surface area contributed by atoms with Crippen LogP contribution < -0.4 is 0 Å². The highest BCUT2D eigenvalue weighted by Gasteiger charge is 2.19. The highest BCUT2D eigenvalue weighted by atomic mass is 79.9. The zero-order valence-electron chi connectivity index (χ0n) is 20.1. The minimum absolute atomic E-state index is 0.0169. The van der Waals surface area contributed by atoms with Gasteiger partial charge >= 0.3 is 5.97 Å². The maximum absolute atomic E-state index is 11.2. The second-order valence-electron chi connectivity index (χ2n) is 8.49. The molecule has 2 aromatic rings. The second kappa shape index (κ2) is 12.9. The van der Waals surface area contributed by atoms with Gasteiger partial charge in [-0.15, -0.1) is 17.3 Å². The normalized spacial score (nSPS) is 15.3. The Kier molecular flexibility index (Phi) is 10.0. The van der Waals surface area contributed by atoms with Gasteiger partial charge in [-0.05, 0) is 71.5 Å². The van der Waals surface area contributed by atoms with Gasteiger partial charge < -0.3 is 9.84 Å². The van der Waals surface area contributed by atoms with Crippen molar-refractivity contribution in [1.29, 1.82) is 0 Å². The molecule has 6 heteroatoms. The number of carboxylic acid groups (broad SMARTS) is 1. The predicted octanol–water partition coefficient (Wildman–Crippen LogP) is 6.94. The molecule has 2 heterocycles. The quantitative estimate of drug-likeness (QED) is 0.201. The number of carbonyl (C=O) groups is 1. The van der Waals surface area contributed by atoms with Gasteiger partial charge in [0.1, 0.15) is 6.61 Å². The predicted molar refractivity (Wildman–Crippen MR) is 142 cm³/mol. The van der Waals surface area contributed by atoms with Crippen LogP contribution >= 0.6 is 27.3 Å². The lowest BCUT2D eigenvalue weighted by molar-refractivity contribution is -0.137. The summed E-state index contributed by atoms with van der Waals surface area (Å²) in [5.41, 5.74) is 4.88. The maximum Gasteiger partial charge on any atom is 0.304 e. The molecule has 1 aliphatic heterocycles. The van der Waals surface area contributed by atoms with Gasteiger partial charge in [0, 0.05) is 24.5 Å². The highest BCUT2D eigenvalue weighted by Crippen LogP contribution is 2.32. The fourth-order valence-electron chi connectivity index (χ4n) is 4.14. The number of hydrogen-bond donors (Lipinski definition) is 1. The largest absolute Gasteiger partial charge is 0.494 e. The van der Waals surface area contributed by atoms with Gasteiger partial charge in [0.15, 0.2) is 0 Å². The Hall–Kier alpha value is -2.33. The summed E-state index contributed by atoms with van der Waals surface area (Å²) in [6.07, 6.45) is 5.75. The van der Waals surface area contributed by atoms with Crippen LogP contribution in [0.1, 0.15) is 55.2 Å². The Bertz CT molecular complexity index is 1120. The molecular formula is C28H32BrNO3S. The molecular weight excluding hydrogens is 510 g/mol. The Balaban J connectivity index is 1.58. The molecule has 0 aliphatic carbocycles. The Morgan fingerprint density at radius 3 is 2.85 bits per heavy atom. The van der Waals surface area contributed by atoms with Gasteiger partial charge in [0.05, 0.1) is 21.9 Å². The third-order valence-electron chi connectivity index (χ3n) is 5.86. The van der Waals surface area contributed by atoms with Crippen molar-refractivity contribution in [3.8, 4) is 11.8 Å². The van der Waals surface area contributed by atoms with E-state index in [4.69, 9.17) is 4.74 Å². The van der Waals surface area contributed by atoms with Gasteiger partial charge in [-0.1, -0.05) is 48.8 Å². The minimum atomic E-state index is -0.836. The molecule has 180 valence electrons. The number of nitrogens with zero attached hydrogens (tertiary/aromatic N) is 1. The lowest BCUT2D eigenvalue weighted by Crippen LogP contribution is -2.29. The monoisotopic (exact) mass is 541 g/mol. The van der Waals surface area contributed by atoms with Crippen LogP contribution in [0.25, 0.3) is 0 Å². The fourth-order valence-corrected chi connectivity index (χ4v) is 5.89. The number of allylic oxidation sites excluding steroid dienone is 4. The van der Waals surface area contributed by atoms with Gasteiger partial charge in [0.25, 0.3) is 0 Å². The first-order valence-electron chi connectivity index (χ1n) is 11.6.